The van der Waals surface area contributed by atoms with Gasteiger partial charge in [-0.3, -0.25) is 19.3 Å². The Bertz CT molecular complexity index is 1010. The Hall–Kier alpha value is -2.27. The van der Waals surface area contributed by atoms with E-state index in [1.54, 1.807) is 9.80 Å². The molecule has 5 aliphatic rings. The van der Waals surface area contributed by atoms with Crippen molar-refractivity contribution in [3.05, 3.63) is 24.3 Å². The Morgan fingerprint density at radius 1 is 1.05 bits per heavy atom. The highest BCUT2D eigenvalue weighted by Crippen LogP contribution is 2.57. The van der Waals surface area contributed by atoms with Gasteiger partial charge in [-0.1, -0.05) is 44.6 Å². The molecule has 1 unspecified atom stereocenters. The number of cyclic esters (lactones) is 1. The Balaban J connectivity index is 1.56. The highest BCUT2D eigenvalue weighted by molar-refractivity contribution is 5.99. The third-order valence-corrected chi connectivity index (χ3v) is 9.41. The smallest absolute Gasteiger partial charge is 0.313 e. The molecule has 0 radical (unpaired) electrons. The molecule has 0 aromatic rings. The Labute approximate surface area is 230 Å². The molecule has 1 N–H and O–H groups in total. The predicted molar refractivity (Wildman–Crippen MR) is 142 cm³/mol. The summed E-state index contributed by atoms with van der Waals surface area (Å²) in [6, 6.07) is -1.57. The number of aliphatic hydroxyl groups excluding tert-OH is 1. The summed E-state index contributed by atoms with van der Waals surface area (Å²) in [6.45, 7) is 10.3. The van der Waals surface area contributed by atoms with Crippen molar-refractivity contribution in [3.8, 4) is 0 Å². The second-order valence-electron chi connectivity index (χ2n) is 11.7. The van der Waals surface area contributed by atoms with Crippen molar-refractivity contribution in [3.63, 3.8) is 0 Å². The molecule has 39 heavy (non-hydrogen) atoms. The van der Waals surface area contributed by atoms with Crippen molar-refractivity contribution in [2.75, 3.05) is 59.2 Å². The lowest BCUT2D eigenvalue weighted by Crippen LogP contribution is -2.60. The van der Waals surface area contributed by atoms with Crippen LogP contribution in [0.15, 0.2) is 24.3 Å². The fourth-order valence-electron chi connectivity index (χ4n) is 7.08. The maximum absolute atomic E-state index is 14.5. The number of amides is 2. The topological polar surface area (TPSA) is 109 Å². The number of morpholine rings is 1. The molecule has 5 rings (SSSR count). The lowest BCUT2D eigenvalue weighted by molar-refractivity contribution is -0.162. The van der Waals surface area contributed by atoms with E-state index < -0.39 is 41.1 Å². The Kier molecular flexibility index (Phi) is 8.20. The van der Waals surface area contributed by atoms with Crippen LogP contribution in [0.4, 0.5) is 0 Å². The molecule has 5 aliphatic heterocycles. The summed E-state index contributed by atoms with van der Waals surface area (Å²) >= 11 is 0. The van der Waals surface area contributed by atoms with Crippen LogP contribution in [0, 0.1) is 17.8 Å². The summed E-state index contributed by atoms with van der Waals surface area (Å²) < 4.78 is 17.9. The molecular weight excluding hydrogens is 502 g/mol. The molecule has 5 heterocycles. The number of fused-ring (bicyclic) bond motifs is 2. The van der Waals surface area contributed by atoms with E-state index in [4.69, 9.17) is 14.2 Å². The summed E-state index contributed by atoms with van der Waals surface area (Å²) in [5.41, 5.74) is -2.45. The molecule has 0 bridgehead atoms. The van der Waals surface area contributed by atoms with E-state index in [0.717, 1.165) is 25.9 Å². The van der Waals surface area contributed by atoms with E-state index in [2.05, 4.69) is 4.90 Å². The van der Waals surface area contributed by atoms with Gasteiger partial charge in [-0.2, -0.15) is 0 Å². The molecule has 2 amide bonds. The zero-order valence-corrected chi connectivity index (χ0v) is 23.4. The molecule has 216 valence electrons. The van der Waals surface area contributed by atoms with E-state index in [9.17, 15) is 19.5 Å². The van der Waals surface area contributed by atoms with E-state index in [1.165, 1.54) is 0 Å². The first-order valence-electron chi connectivity index (χ1n) is 14.5. The third kappa shape index (κ3) is 4.83. The molecule has 3 fully saturated rings. The maximum Gasteiger partial charge on any atom is 0.313 e. The van der Waals surface area contributed by atoms with Gasteiger partial charge in [0.1, 0.15) is 17.6 Å². The van der Waals surface area contributed by atoms with Gasteiger partial charge in [0.15, 0.2) is 0 Å². The normalized spacial score (nSPS) is 37.6. The van der Waals surface area contributed by atoms with Gasteiger partial charge < -0.3 is 29.1 Å². The Morgan fingerprint density at radius 2 is 1.82 bits per heavy atom. The lowest BCUT2D eigenvalue weighted by atomic mass is 9.74. The first-order valence-corrected chi connectivity index (χ1v) is 14.5. The van der Waals surface area contributed by atoms with Crippen LogP contribution < -0.4 is 0 Å². The van der Waals surface area contributed by atoms with Gasteiger partial charge in [-0.05, 0) is 25.7 Å². The van der Waals surface area contributed by atoms with Gasteiger partial charge in [0, 0.05) is 32.7 Å². The Morgan fingerprint density at radius 3 is 2.54 bits per heavy atom. The quantitative estimate of drug-likeness (QED) is 0.373. The number of likely N-dealkylation sites (tertiary alicyclic amines) is 1. The molecule has 3 saturated heterocycles. The number of ether oxygens (including phenoxy) is 3. The van der Waals surface area contributed by atoms with E-state index in [0.29, 0.717) is 39.3 Å². The number of hydrogen-bond acceptors (Lipinski definition) is 8. The van der Waals surface area contributed by atoms with Gasteiger partial charge in [0.25, 0.3) is 0 Å². The minimum Gasteiger partial charge on any atom is -0.465 e. The van der Waals surface area contributed by atoms with Crippen LogP contribution in [0.3, 0.4) is 0 Å². The fourth-order valence-corrected chi connectivity index (χ4v) is 7.08. The SMILES string of the molecule is CC[C@H](C)[C@H](CO)N1C(=O)[C@@H]2[C@@H]3C(=O)OCCC/C=C\[C@]3(C)O[C@@]23C=CCN(CCN2CCOCC2)C(=O)C13. The van der Waals surface area contributed by atoms with Crippen LogP contribution in [0.5, 0.6) is 0 Å². The molecule has 0 saturated carbocycles. The molecule has 0 aliphatic carbocycles. The lowest BCUT2D eigenvalue weighted by Gasteiger charge is -2.41. The number of nitrogens with zero attached hydrogens (tertiary/aromatic N) is 3. The highest BCUT2D eigenvalue weighted by atomic mass is 16.6. The van der Waals surface area contributed by atoms with E-state index in [-0.39, 0.29) is 30.9 Å². The summed E-state index contributed by atoms with van der Waals surface area (Å²) in [5.74, 6) is -2.90. The zero-order valence-electron chi connectivity index (χ0n) is 23.4. The number of hydrogen-bond donors (Lipinski definition) is 1. The van der Waals surface area contributed by atoms with Crippen molar-refractivity contribution in [2.24, 2.45) is 17.8 Å². The predicted octanol–water partition coefficient (Wildman–Crippen LogP) is 0.988. The van der Waals surface area contributed by atoms with Gasteiger partial charge in [0.05, 0.1) is 44.0 Å². The zero-order chi connectivity index (χ0) is 27.8. The number of esters is 1. The van der Waals surface area contributed by atoms with Gasteiger partial charge in [-0.15, -0.1) is 0 Å². The number of aliphatic hydroxyl groups is 1. The van der Waals surface area contributed by atoms with Crippen LogP contribution in [-0.2, 0) is 28.6 Å². The van der Waals surface area contributed by atoms with E-state index in [1.807, 2.05) is 45.1 Å². The van der Waals surface area contributed by atoms with Crippen molar-refractivity contribution in [1.82, 2.24) is 14.7 Å². The summed E-state index contributed by atoms with van der Waals surface area (Å²) in [4.78, 5) is 48.0. The summed E-state index contributed by atoms with van der Waals surface area (Å²) in [7, 11) is 0. The van der Waals surface area contributed by atoms with Crippen molar-refractivity contribution < 1.29 is 33.7 Å². The molecule has 10 nitrogen and oxygen atoms in total. The first kappa shape index (κ1) is 28.3. The number of allylic oxidation sites excluding steroid dienone is 1. The number of carbonyl (C=O) groups is 3. The molecule has 7 atom stereocenters. The molecule has 0 aromatic carbocycles. The maximum atomic E-state index is 14.5. The average Bonchev–Trinajstić information content (AvgIpc) is 3.28. The van der Waals surface area contributed by atoms with Gasteiger partial charge in [-0.25, -0.2) is 0 Å². The van der Waals surface area contributed by atoms with Gasteiger partial charge in [0.2, 0.25) is 11.8 Å². The summed E-state index contributed by atoms with van der Waals surface area (Å²) in [6.07, 6.45) is 9.76. The standard InChI is InChI=1S/C29H43N3O7/c1-4-20(2)21(19-33)32-24-26(35)31(13-12-30-14-17-37-18-15-30)11-8-10-29(24)22(25(32)34)23-27(36)38-16-7-5-6-9-28(23,3)39-29/h6,8-10,20-24,33H,4-5,7,11-19H2,1-3H3/b9-6-/t20-,21-,22-,23+,24?,28-,29-/m0/s1. The average molecular weight is 546 g/mol. The van der Waals surface area contributed by atoms with Gasteiger partial charge >= 0.3 is 5.97 Å². The van der Waals surface area contributed by atoms with Crippen LogP contribution >= 0.6 is 0 Å². The largest absolute Gasteiger partial charge is 0.465 e. The number of carbonyl (C=O) groups excluding carboxylic acids is 3. The second-order valence-corrected chi connectivity index (χ2v) is 11.7. The van der Waals surface area contributed by atoms with Crippen molar-refractivity contribution in [1.29, 1.82) is 0 Å². The second kappa shape index (κ2) is 11.3. The first-order chi connectivity index (χ1) is 18.8. The number of rotatable bonds is 7. The third-order valence-electron chi connectivity index (χ3n) is 9.41. The molecule has 10 heteroatoms. The van der Waals surface area contributed by atoms with Crippen LogP contribution in [-0.4, -0.2) is 120 Å². The monoisotopic (exact) mass is 545 g/mol. The van der Waals surface area contributed by atoms with E-state index >= 15 is 0 Å². The minimum absolute atomic E-state index is 0.0598. The minimum atomic E-state index is -1.34. The van der Waals surface area contributed by atoms with Crippen LogP contribution in [0.1, 0.15) is 40.0 Å². The van der Waals surface area contributed by atoms with Crippen LogP contribution in [0.2, 0.25) is 0 Å². The molecule has 0 aromatic heterocycles. The highest BCUT2D eigenvalue weighted by Gasteiger charge is 2.75. The summed E-state index contributed by atoms with van der Waals surface area (Å²) in [5, 5.41) is 10.5. The molecule has 1 spiro atoms. The van der Waals surface area contributed by atoms with Crippen molar-refractivity contribution in [2.45, 2.75) is 63.3 Å². The fraction of sp³-hybridized carbons (Fsp3) is 0.759. The van der Waals surface area contributed by atoms with Crippen molar-refractivity contribution >= 4 is 17.8 Å². The molecular formula is C29H43N3O7. The van der Waals surface area contributed by atoms with Crippen LogP contribution in [0.25, 0.3) is 0 Å².